The number of piperidine rings is 1. The van der Waals surface area contributed by atoms with Gasteiger partial charge in [-0.15, -0.1) is 0 Å². The predicted octanol–water partition coefficient (Wildman–Crippen LogP) is 2.71. The van der Waals surface area contributed by atoms with Crippen LogP contribution in [0.3, 0.4) is 0 Å². The lowest BCUT2D eigenvalue weighted by Gasteiger charge is -2.38. The minimum atomic E-state index is 0.672. The molecule has 1 fully saturated rings. The molecule has 6 nitrogen and oxygen atoms in total. The number of ether oxygens (including phenoxy) is 1. The van der Waals surface area contributed by atoms with Crippen LogP contribution in [-0.4, -0.2) is 65.9 Å². The maximum atomic E-state index is 5.35. The van der Waals surface area contributed by atoms with Crippen molar-refractivity contribution >= 4 is 0 Å². The van der Waals surface area contributed by atoms with Crippen LogP contribution in [0.1, 0.15) is 35.7 Å². The summed E-state index contributed by atoms with van der Waals surface area (Å²) in [6.07, 6.45) is 4.99. The number of hydrogen-bond donors (Lipinski definition) is 0. The summed E-state index contributed by atoms with van der Waals surface area (Å²) in [6.45, 7) is 7.66. The molecule has 0 amide bonds. The van der Waals surface area contributed by atoms with Crippen LogP contribution in [-0.2, 0) is 24.1 Å². The Labute approximate surface area is 167 Å². The first-order valence-corrected chi connectivity index (χ1v) is 10.5. The molecule has 1 atom stereocenters. The fraction of sp³-hybridized carbons (Fsp3) is 0.636. The summed E-state index contributed by atoms with van der Waals surface area (Å²) < 4.78 is 10.7. The summed E-state index contributed by atoms with van der Waals surface area (Å²) in [6, 6.07) is 9.62. The van der Waals surface area contributed by atoms with E-state index in [2.05, 4.69) is 44.2 Å². The molecule has 1 aliphatic heterocycles. The molecule has 152 valence electrons. The van der Waals surface area contributed by atoms with Gasteiger partial charge in [0.15, 0.2) is 5.82 Å². The minimum Gasteiger partial charge on any atom is -0.383 e. The van der Waals surface area contributed by atoms with Crippen LogP contribution in [0.25, 0.3) is 0 Å². The molecule has 6 heteroatoms. The number of benzene rings is 1. The van der Waals surface area contributed by atoms with Crippen LogP contribution in [0, 0.1) is 12.8 Å². The molecule has 1 aliphatic carbocycles. The third-order valence-electron chi connectivity index (χ3n) is 6.15. The Hall–Kier alpha value is -1.76. The second-order valence-electron chi connectivity index (χ2n) is 8.30. The van der Waals surface area contributed by atoms with Crippen LogP contribution in [0.4, 0.5) is 0 Å². The Balaban J connectivity index is 1.34. The molecule has 4 rings (SSSR count). The molecule has 0 unspecified atom stereocenters. The van der Waals surface area contributed by atoms with Crippen molar-refractivity contribution in [3.63, 3.8) is 0 Å². The first-order chi connectivity index (χ1) is 13.7. The van der Waals surface area contributed by atoms with E-state index >= 15 is 0 Å². The van der Waals surface area contributed by atoms with E-state index in [-0.39, 0.29) is 0 Å². The highest BCUT2D eigenvalue weighted by atomic mass is 16.5. The van der Waals surface area contributed by atoms with Gasteiger partial charge in [-0.3, -0.25) is 9.80 Å². The van der Waals surface area contributed by atoms with Gasteiger partial charge in [-0.2, -0.15) is 4.98 Å². The summed E-state index contributed by atoms with van der Waals surface area (Å²) in [5, 5.41) is 3.93. The highest BCUT2D eigenvalue weighted by Gasteiger charge is 2.31. The largest absolute Gasteiger partial charge is 0.383 e. The zero-order valence-electron chi connectivity index (χ0n) is 17.1. The molecule has 2 heterocycles. The van der Waals surface area contributed by atoms with E-state index < -0.39 is 0 Å². The Bertz CT molecular complexity index is 737. The van der Waals surface area contributed by atoms with Crippen molar-refractivity contribution in [1.82, 2.24) is 19.9 Å². The molecular formula is C22H32N4O2. The maximum Gasteiger partial charge on any atom is 0.240 e. The molecule has 0 N–H and O–H groups in total. The van der Waals surface area contributed by atoms with Gasteiger partial charge in [-0.1, -0.05) is 29.4 Å². The molecule has 2 aliphatic rings. The van der Waals surface area contributed by atoms with Gasteiger partial charge in [-0.05, 0) is 56.2 Å². The first-order valence-electron chi connectivity index (χ1n) is 10.5. The molecule has 1 aromatic heterocycles. The van der Waals surface area contributed by atoms with E-state index in [9.17, 15) is 0 Å². The van der Waals surface area contributed by atoms with Gasteiger partial charge >= 0.3 is 0 Å². The van der Waals surface area contributed by atoms with E-state index in [1.807, 2.05) is 6.92 Å². The summed E-state index contributed by atoms with van der Waals surface area (Å²) in [4.78, 5) is 9.53. The first kappa shape index (κ1) is 19.6. The Morgan fingerprint density at radius 1 is 1.25 bits per heavy atom. The third kappa shape index (κ3) is 4.80. The number of methoxy groups -OCH3 is 1. The van der Waals surface area contributed by atoms with Crippen molar-refractivity contribution in [3.05, 3.63) is 47.1 Å². The number of fused-ring (bicyclic) bond motifs is 1. The van der Waals surface area contributed by atoms with Crippen LogP contribution in [0.15, 0.2) is 28.8 Å². The number of aromatic nitrogens is 2. The topological polar surface area (TPSA) is 54.6 Å². The van der Waals surface area contributed by atoms with Crippen molar-refractivity contribution < 1.29 is 9.26 Å². The molecule has 2 aromatic rings. The van der Waals surface area contributed by atoms with Gasteiger partial charge in [-0.25, -0.2) is 0 Å². The zero-order chi connectivity index (χ0) is 19.3. The third-order valence-corrected chi connectivity index (χ3v) is 6.15. The average molecular weight is 385 g/mol. The van der Waals surface area contributed by atoms with Gasteiger partial charge in [0.25, 0.3) is 0 Å². The quantitative estimate of drug-likeness (QED) is 0.698. The van der Waals surface area contributed by atoms with E-state index in [4.69, 9.17) is 9.26 Å². The Morgan fingerprint density at radius 3 is 2.71 bits per heavy atom. The van der Waals surface area contributed by atoms with Crippen molar-refractivity contribution in [3.8, 4) is 0 Å². The molecule has 28 heavy (non-hydrogen) atoms. The molecule has 0 bridgehead atoms. The van der Waals surface area contributed by atoms with Gasteiger partial charge in [0.05, 0.1) is 13.2 Å². The Morgan fingerprint density at radius 2 is 2.04 bits per heavy atom. The van der Waals surface area contributed by atoms with E-state index in [1.165, 1.54) is 38.8 Å². The summed E-state index contributed by atoms with van der Waals surface area (Å²) >= 11 is 0. The zero-order valence-corrected chi connectivity index (χ0v) is 17.1. The van der Waals surface area contributed by atoms with Crippen molar-refractivity contribution in [1.29, 1.82) is 0 Å². The molecule has 0 spiro atoms. The highest BCUT2D eigenvalue weighted by molar-refractivity contribution is 5.33. The van der Waals surface area contributed by atoms with Crippen molar-refractivity contribution in [2.75, 3.05) is 39.9 Å². The second-order valence-corrected chi connectivity index (χ2v) is 8.30. The van der Waals surface area contributed by atoms with Crippen LogP contribution in [0.5, 0.6) is 0 Å². The molecule has 0 saturated carbocycles. The van der Waals surface area contributed by atoms with E-state index in [0.29, 0.717) is 30.2 Å². The average Bonchev–Trinajstić information content (AvgIpc) is 3.32. The van der Waals surface area contributed by atoms with E-state index in [0.717, 1.165) is 19.7 Å². The van der Waals surface area contributed by atoms with Crippen molar-refractivity contribution in [2.24, 2.45) is 5.92 Å². The molecule has 0 radical (unpaired) electrons. The molecule has 1 aromatic carbocycles. The lowest BCUT2D eigenvalue weighted by molar-refractivity contribution is 0.0798. The van der Waals surface area contributed by atoms with Crippen LogP contribution >= 0.6 is 0 Å². The second kappa shape index (κ2) is 9.16. The Kier molecular flexibility index (Phi) is 6.40. The lowest BCUT2D eigenvalue weighted by Crippen LogP contribution is -2.46. The number of rotatable bonds is 8. The van der Waals surface area contributed by atoms with Crippen LogP contribution in [0.2, 0.25) is 0 Å². The van der Waals surface area contributed by atoms with Gasteiger partial charge in [0.2, 0.25) is 5.89 Å². The summed E-state index contributed by atoms with van der Waals surface area (Å²) in [5.41, 5.74) is 3.09. The summed E-state index contributed by atoms with van der Waals surface area (Å²) in [5.74, 6) is 2.08. The molecule has 1 saturated heterocycles. The fourth-order valence-electron chi connectivity index (χ4n) is 4.79. The number of likely N-dealkylation sites (tertiary alicyclic amines) is 1. The van der Waals surface area contributed by atoms with Crippen LogP contribution < -0.4 is 0 Å². The SMILES string of the molecule is COCCN(Cc1nc(C)no1)C[C@H]1CCCN(C2Cc3ccccc3C2)C1. The minimum absolute atomic E-state index is 0.672. The fourth-order valence-corrected chi connectivity index (χ4v) is 4.79. The number of aryl methyl sites for hydroxylation is 1. The van der Waals surface area contributed by atoms with Gasteiger partial charge in [0.1, 0.15) is 0 Å². The van der Waals surface area contributed by atoms with Crippen molar-refractivity contribution in [2.45, 2.75) is 45.2 Å². The molecular weight excluding hydrogens is 352 g/mol. The number of hydrogen-bond acceptors (Lipinski definition) is 6. The highest BCUT2D eigenvalue weighted by Crippen LogP contribution is 2.29. The van der Waals surface area contributed by atoms with E-state index in [1.54, 1.807) is 18.2 Å². The van der Waals surface area contributed by atoms with Gasteiger partial charge < -0.3 is 9.26 Å². The maximum absolute atomic E-state index is 5.35. The normalized spacial score (nSPS) is 20.8. The lowest BCUT2D eigenvalue weighted by atomic mass is 9.95. The predicted molar refractivity (Wildman–Crippen MR) is 108 cm³/mol. The smallest absolute Gasteiger partial charge is 0.240 e. The van der Waals surface area contributed by atoms with Gasteiger partial charge in [0, 0.05) is 32.8 Å². The number of nitrogens with zero attached hydrogens (tertiary/aromatic N) is 4. The monoisotopic (exact) mass is 384 g/mol. The standard InChI is InChI=1S/C22H32N4O2/c1-17-23-22(28-24-17)16-25(10-11-27-2)14-18-6-5-9-26(15-18)21-12-19-7-3-4-8-20(19)13-21/h3-4,7-8,18,21H,5-6,9-16H2,1-2H3/t18-/m1/s1. The summed E-state index contributed by atoms with van der Waals surface area (Å²) in [7, 11) is 1.76.